The van der Waals surface area contributed by atoms with Gasteiger partial charge in [-0.1, -0.05) is 34.1 Å². The largest absolute Gasteiger partial charge is 0.302 e. The molecular weight excluding hydrogens is 290 g/mol. The molecule has 0 bridgehead atoms. The molecule has 1 aromatic carbocycles. The number of nitrogens with one attached hydrogen (secondary N) is 1. The van der Waals surface area contributed by atoms with Gasteiger partial charge in [-0.05, 0) is 29.8 Å². The van der Waals surface area contributed by atoms with Crippen LogP contribution in [-0.4, -0.2) is 10.7 Å². The number of benzene rings is 1. The Morgan fingerprint density at radius 3 is 2.67 bits per heavy atom. The second kappa shape index (κ2) is 4.90. The van der Waals surface area contributed by atoms with Crippen molar-refractivity contribution in [2.75, 3.05) is 0 Å². The minimum atomic E-state index is 0.245. The van der Waals surface area contributed by atoms with Crippen LogP contribution < -0.4 is 5.43 Å². The van der Waals surface area contributed by atoms with E-state index in [-0.39, 0.29) is 6.04 Å². The van der Waals surface area contributed by atoms with Crippen molar-refractivity contribution >= 4 is 21.6 Å². The Hall–Kier alpha value is -1.68. The second-order valence-electron chi connectivity index (χ2n) is 4.21. The van der Waals surface area contributed by atoms with Gasteiger partial charge < -0.3 is 5.43 Å². The van der Waals surface area contributed by atoms with Gasteiger partial charge in [0.25, 0.3) is 0 Å². The molecule has 4 heteroatoms. The van der Waals surface area contributed by atoms with E-state index in [1.807, 2.05) is 18.2 Å². The molecule has 1 aromatic heterocycles. The van der Waals surface area contributed by atoms with Crippen LogP contribution in [0.3, 0.4) is 0 Å². The Balaban J connectivity index is 1.76. The van der Waals surface area contributed by atoms with Gasteiger partial charge in [-0.3, -0.25) is 4.98 Å². The van der Waals surface area contributed by atoms with E-state index in [0.717, 1.165) is 22.3 Å². The predicted octanol–water partition coefficient (Wildman–Crippen LogP) is 3.28. The van der Waals surface area contributed by atoms with Gasteiger partial charge in [0.15, 0.2) is 0 Å². The molecule has 18 heavy (non-hydrogen) atoms. The molecule has 1 atom stereocenters. The molecule has 0 saturated carbocycles. The zero-order valence-electron chi connectivity index (χ0n) is 9.68. The number of hydrazone groups is 1. The fourth-order valence-corrected chi connectivity index (χ4v) is 2.29. The molecule has 3 nitrogen and oxygen atoms in total. The summed E-state index contributed by atoms with van der Waals surface area (Å²) in [7, 11) is 0. The van der Waals surface area contributed by atoms with Gasteiger partial charge in [-0.2, -0.15) is 5.10 Å². The maximum atomic E-state index is 4.38. The Bertz CT molecular complexity index is 563. The van der Waals surface area contributed by atoms with Gasteiger partial charge >= 0.3 is 0 Å². The first-order valence-corrected chi connectivity index (χ1v) is 6.61. The number of hydrogen-bond donors (Lipinski definition) is 1. The van der Waals surface area contributed by atoms with Gasteiger partial charge in [0.1, 0.15) is 0 Å². The highest BCUT2D eigenvalue weighted by Gasteiger charge is 2.21. The molecule has 1 aliphatic heterocycles. The van der Waals surface area contributed by atoms with Crippen LogP contribution in [0.4, 0.5) is 0 Å². The molecule has 1 aliphatic rings. The number of aromatic nitrogens is 1. The van der Waals surface area contributed by atoms with Crippen LogP contribution in [0.25, 0.3) is 0 Å². The summed E-state index contributed by atoms with van der Waals surface area (Å²) in [5, 5.41) is 4.38. The van der Waals surface area contributed by atoms with Gasteiger partial charge in [-0.15, -0.1) is 0 Å². The first-order valence-electron chi connectivity index (χ1n) is 5.82. The molecule has 3 rings (SSSR count). The zero-order valence-corrected chi connectivity index (χ0v) is 11.3. The van der Waals surface area contributed by atoms with E-state index in [0.29, 0.717) is 0 Å². The van der Waals surface area contributed by atoms with Crippen molar-refractivity contribution in [1.29, 1.82) is 0 Å². The monoisotopic (exact) mass is 301 g/mol. The first kappa shape index (κ1) is 11.4. The van der Waals surface area contributed by atoms with Gasteiger partial charge in [0, 0.05) is 17.1 Å². The summed E-state index contributed by atoms with van der Waals surface area (Å²) < 4.78 is 1.09. The van der Waals surface area contributed by atoms with Crippen LogP contribution in [0.5, 0.6) is 0 Å². The first-order chi connectivity index (χ1) is 8.83. The number of hydrogen-bond acceptors (Lipinski definition) is 3. The predicted molar refractivity (Wildman–Crippen MR) is 75.4 cm³/mol. The smallest absolute Gasteiger partial charge is 0.0883 e. The summed E-state index contributed by atoms with van der Waals surface area (Å²) in [5.74, 6) is 0. The average molecular weight is 302 g/mol. The van der Waals surface area contributed by atoms with E-state index in [9.17, 15) is 0 Å². The van der Waals surface area contributed by atoms with E-state index in [1.54, 1.807) is 6.20 Å². The molecule has 90 valence electrons. The van der Waals surface area contributed by atoms with E-state index in [1.165, 1.54) is 5.56 Å². The molecule has 0 spiro atoms. The summed E-state index contributed by atoms with van der Waals surface area (Å²) in [4.78, 5) is 4.32. The molecule has 2 heterocycles. The van der Waals surface area contributed by atoms with Crippen molar-refractivity contribution < 1.29 is 0 Å². The number of halogens is 1. The molecule has 1 unspecified atom stereocenters. The summed E-state index contributed by atoms with van der Waals surface area (Å²) in [6.07, 6.45) is 2.67. The minimum absolute atomic E-state index is 0.245. The molecule has 0 aliphatic carbocycles. The summed E-state index contributed by atoms with van der Waals surface area (Å²) in [6.45, 7) is 0. The summed E-state index contributed by atoms with van der Waals surface area (Å²) >= 11 is 3.44. The fourth-order valence-electron chi connectivity index (χ4n) is 2.02. The van der Waals surface area contributed by atoms with E-state index in [4.69, 9.17) is 0 Å². The van der Waals surface area contributed by atoms with Gasteiger partial charge in [-0.25, -0.2) is 0 Å². The lowest BCUT2D eigenvalue weighted by Crippen LogP contribution is -2.09. The van der Waals surface area contributed by atoms with Gasteiger partial charge in [0.05, 0.1) is 17.4 Å². The van der Waals surface area contributed by atoms with E-state index in [2.05, 4.69) is 55.7 Å². The number of nitrogens with zero attached hydrogens (tertiary/aromatic N) is 2. The van der Waals surface area contributed by atoms with Crippen molar-refractivity contribution in [3.63, 3.8) is 0 Å². The lowest BCUT2D eigenvalue weighted by molar-refractivity contribution is 0.620. The van der Waals surface area contributed by atoms with Crippen LogP contribution in [0, 0.1) is 0 Å². The average Bonchev–Trinajstić information content (AvgIpc) is 2.90. The molecule has 0 saturated heterocycles. The third-order valence-corrected chi connectivity index (χ3v) is 3.51. The molecule has 0 radical (unpaired) electrons. The summed E-state index contributed by atoms with van der Waals surface area (Å²) in [6, 6.07) is 14.5. The maximum Gasteiger partial charge on any atom is 0.0883 e. The van der Waals surface area contributed by atoms with Crippen LogP contribution in [0.2, 0.25) is 0 Å². The van der Waals surface area contributed by atoms with Crippen molar-refractivity contribution in [3.8, 4) is 0 Å². The molecule has 0 fully saturated rings. The van der Waals surface area contributed by atoms with E-state index < -0.39 is 0 Å². The Kier molecular flexibility index (Phi) is 3.11. The van der Waals surface area contributed by atoms with Crippen LogP contribution in [-0.2, 0) is 0 Å². The van der Waals surface area contributed by atoms with E-state index >= 15 is 0 Å². The highest BCUT2D eigenvalue weighted by molar-refractivity contribution is 9.10. The molecular formula is C14H12BrN3. The highest BCUT2D eigenvalue weighted by Crippen LogP contribution is 2.24. The highest BCUT2D eigenvalue weighted by atomic mass is 79.9. The topological polar surface area (TPSA) is 37.3 Å². The number of rotatable bonds is 2. The summed E-state index contributed by atoms with van der Waals surface area (Å²) in [5.41, 5.74) is 6.38. The van der Waals surface area contributed by atoms with Crippen LogP contribution in [0.1, 0.15) is 23.7 Å². The van der Waals surface area contributed by atoms with Crippen molar-refractivity contribution in [1.82, 2.24) is 10.4 Å². The second-order valence-corrected chi connectivity index (χ2v) is 5.13. The van der Waals surface area contributed by atoms with Crippen LogP contribution in [0.15, 0.2) is 58.2 Å². The quantitative estimate of drug-likeness (QED) is 0.924. The van der Waals surface area contributed by atoms with Crippen molar-refractivity contribution in [3.05, 3.63) is 64.4 Å². The SMILES string of the molecule is Brc1ccc(C2CC(c3ccccn3)=NN2)cc1. The Labute approximate surface area is 114 Å². The third kappa shape index (κ3) is 2.29. The standard InChI is InChI=1S/C14H12BrN3/c15-11-6-4-10(5-7-11)13-9-14(18-17-13)12-3-1-2-8-16-12/h1-8,13,17H,9H2. The Morgan fingerprint density at radius 1 is 1.11 bits per heavy atom. The lowest BCUT2D eigenvalue weighted by atomic mass is 10.0. The Morgan fingerprint density at radius 2 is 1.94 bits per heavy atom. The zero-order chi connectivity index (χ0) is 12.4. The molecule has 1 N–H and O–H groups in total. The lowest BCUT2D eigenvalue weighted by Gasteiger charge is -2.09. The third-order valence-electron chi connectivity index (χ3n) is 2.99. The van der Waals surface area contributed by atoms with Crippen molar-refractivity contribution in [2.24, 2.45) is 5.10 Å². The van der Waals surface area contributed by atoms with Gasteiger partial charge in [0.2, 0.25) is 0 Å². The van der Waals surface area contributed by atoms with Crippen molar-refractivity contribution in [2.45, 2.75) is 12.5 Å². The molecule has 2 aromatic rings. The normalized spacial score (nSPS) is 18.3. The number of pyridine rings is 1. The van der Waals surface area contributed by atoms with Crippen LogP contribution >= 0.6 is 15.9 Å². The fraction of sp³-hybridized carbons (Fsp3) is 0.143. The molecule has 0 amide bonds. The maximum absolute atomic E-state index is 4.38. The minimum Gasteiger partial charge on any atom is -0.302 e.